The van der Waals surface area contributed by atoms with Gasteiger partial charge in [0.1, 0.15) is 5.01 Å². The molecular formula is C10H14F3N5S. The van der Waals surface area contributed by atoms with Crippen molar-refractivity contribution in [2.45, 2.75) is 44.8 Å². The summed E-state index contributed by atoms with van der Waals surface area (Å²) in [5, 5.41) is 11.5. The SMILES string of the molecule is CC(C)(C)c1nnc2sc(C(C)(N)C(F)(F)F)nn12. The monoisotopic (exact) mass is 293 g/mol. The van der Waals surface area contributed by atoms with Crippen molar-refractivity contribution in [1.82, 2.24) is 19.8 Å². The number of nitrogens with zero attached hydrogens (tertiary/aromatic N) is 4. The normalized spacial score (nSPS) is 16.8. The quantitative estimate of drug-likeness (QED) is 0.875. The van der Waals surface area contributed by atoms with Gasteiger partial charge >= 0.3 is 6.18 Å². The highest BCUT2D eigenvalue weighted by atomic mass is 32.1. The molecule has 0 fully saturated rings. The summed E-state index contributed by atoms with van der Waals surface area (Å²) >= 11 is 0.801. The second-order valence-corrected chi connectivity index (χ2v) is 6.53. The van der Waals surface area contributed by atoms with E-state index in [9.17, 15) is 13.2 Å². The van der Waals surface area contributed by atoms with E-state index in [1.54, 1.807) is 0 Å². The molecule has 0 saturated heterocycles. The zero-order valence-electron chi connectivity index (χ0n) is 10.9. The molecule has 2 N–H and O–H groups in total. The highest BCUT2D eigenvalue weighted by Gasteiger charge is 2.52. The fourth-order valence-electron chi connectivity index (χ4n) is 1.42. The Kier molecular flexibility index (Phi) is 2.91. The number of hydrogen-bond donors (Lipinski definition) is 1. The molecule has 0 spiro atoms. The van der Waals surface area contributed by atoms with E-state index in [0.717, 1.165) is 18.3 Å². The molecule has 5 nitrogen and oxygen atoms in total. The first-order valence-electron chi connectivity index (χ1n) is 5.53. The molecule has 2 aromatic heterocycles. The van der Waals surface area contributed by atoms with Crippen molar-refractivity contribution in [1.29, 1.82) is 0 Å². The predicted molar refractivity (Wildman–Crippen MR) is 65.0 cm³/mol. The van der Waals surface area contributed by atoms with E-state index in [1.807, 2.05) is 20.8 Å². The Morgan fingerprint density at radius 1 is 1.11 bits per heavy atom. The molecule has 0 aliphatic rings. The van der Waals surface area contributed by atoms with Gasteiger partial charge in [-0.3, -0.25) is 0 Å². The van der Waals surface area contributed by atoms with E-state index in [4.69, 9.17) is 5.73 Å². The molecule has 0 amide bonds. The van der Waals surface area contributed by atoms with Crippen LogP contribution < -0.4 is 5.73 Å². The summed E-state index contributed by atoms with van der Waals surface area (Å²) in [7, 11) is 0. The third-order valence-corrected chi connectivity index (χ3v) is 3.83. The standard InChI is InChI=1S/C10H14F3N5S/c1-8(2,3)5-15-16-7-18(5)17-6(19-7)9(4,14)10(11,12)13/h14H2,1-4H3. The van der Waals surface area contributed by atoms with Crippen LogP contribution in [0.5, 0.6) is 0 Å². The highest BCUT2D eigenvalue weighted by Crippen LogP contribution is 2.38. The Bertz CT molecular complexity index is 605. The number of fused-ring (bicyclic) bond motifs is 1. The van der Waals surface area contributed by atoms with Crippen LogP contribution in [0.25, 0.3) is 4.96 Å². The van der Waals surface area contributed by atoms with Gasteiger partial charge in [0.25, 0.3) is 0 Å². The molecule has 0 radical (unpaired) electrons. The summed E-state index contributed by atoms with van der Waals surface area (Å²) in [4.78, 5) is 0.306. The lowest BCUT2D eigenvalue weighted by Gasteiger charge is -2.24. The van der Waals surface area contributed by atoms with Crippen LogP contribution in [0.1, 0.15) is 38.5 Å². The van der Waals surface area contributed by atoms with Crippen molar-refractivity contribution in [2.24, 2.45) is 5.73 Å². The van der Waals surface area contributed by atoms with Crippen molar-refractivity contribution < 1.29 is 13.2 Å². The molecule has 106 valence electrons. The smallest absolute Gasteiger partial charge is 0.312 e. The van der Waals surface area contributed by atoms with Crippen LogP contribution in [0, 0.1) is 0 Å². The van der Waals surface area contributed by atoms with E-state index in [0.29, 0.717) is 10.8 Å². The number of nitrogens with two attached hydrogens (primary N) is 1. The van der Waals surface area contributed by atoms with Crippen LogP contribution in [0.3, 0.4) is 0 Å². The molecule has 0 saturated carbocycles. The van der Waals surface area contributed by atoms with Gasteiger partial charge in [0, 0.05) is 5.41 Å². The van der Waals surface area contributed by atoms with E-state index in [2.05, 4.69) is 15.3 Å². The van der Waals surface area contributed by atoms with Gasteiger partial charge in [-0.25, -0.2) is 0 Å². The molecule has 2 rings (SSSR count). The van der Waals surface area contributed by atoms with E-state index >= 15 is 0 Å². The number of alkyl halides is 3. The van der Waals surface area contributed by atoms with Crippen molar-refractivity contribution in [3.05, 3.63) is 10.8 Å². The average Bonchev–Trinajstić information content (AvgIpc) is 2.70. The lowest BCUT2D eigenvalue weighted by molar-refractivity contribution is -0.184. The summed E-state index contributed by atoms with van der Waals surface area (Å²) in [6.07, 6.45) is -4.57. The van der Waals surface area contributed by atoms with Crippen LogP contribution in [0.15, 0.2) is 0 Å². The second kappa shape index (κ2) is 3.89. The molecule has 1 unspecified atom stereocenters. The lowest BCUT2D eigenvalue weighted by Crippen LogP contribution is -2.47. The van der Waals surface area contributed by atoms with E-state index in [1.165, 1.54) is 4.52 Å². The summed E-state index contributed by atoms with van der Waals surface area (Å²) in [6.45, 7) is 6.55. The number of halogens is 3. The topological polar surface area (TPSA) is 69.1 Å². The molecule has 19 heavy (non-hydrogen) atoms. The molecule has 0 bridgehead atoms. The minimum absolute atomic E-state index is 0.226. The van der Waals surface area contributed by atoms with Crippen LogP contribution in [-0.4, -0.2) is 26.0 Å². The maximum atomic E-state index is 12.9. The largest absolute Gasteiger partial charge is 0.412 e. The molecule has 1 atom stereocenters. The molecule has 0 aliphatic carbocycles. The van der Waals surface area contributed by atoms with Crippen LogP contribution >= 0.6 is 11.3 Å². The maximum Gasteiger partial charge on any atom is 0.412 e. The minimum Gasteiger partial charge on any atom is -0.312 e. The van der Waals surface area contributed by atoms with Crippen LogP contribution in [0.4, 0.5) is 13.2 Å². The molecule has 0 aromatic carbocycles. The van der Waals surface area contributed by atoms with Gasteiger partial charge in [0.05, 0.1) is 0 Å². The minimum atomic E-state index is -4.57. The number of aromatic nitrogens is 4. The van der Waals surface area contributed by atoms with Gasteiger partial charge < -0.3 is 5.73 Å². The third-order valence-electron chi connectivity index (χ3n) is 2.69. The van der Waals surface area contributed by atoms with Gasteiger partial charge in [-0.2, -0.15) is 22.8 Å². The van der Waals surface area contributed by atoms with Crippen LogP contribution in [-0.2, 0) is 11.0 Å². The average molecular weight is 293 g/mol. The molecular weight excluding hydrogens is 279 g/mol. The Hall–Kier alpha value is -1.22. The first-order chi connectivity index (χ1) is 8.44. The molecule has 9 heteroatoms. The first kappa shape index (κ1) is 14.2. The predicted octanol–water partition coefficient (Wildman–Crippen LogP) is 2.22. The van der Waals surface area contributed by atoms with Gasteiger partial charge in [0.15, 0.2) is 11.4 Å². The van der Waals surface area contributed by atoms with Crippen molar-refractivity contribution in [2.75, 3.05) is 0 Å². The zero-order chi connectivity index (χ0) is 14.6. The molecule has 0 aliphatic heterocycles. The van der Waals surface area contributed by atoms with Gasteiger partial charge in [-0.15, -0.1) is 10.2 Å². The second-order valence-electron chi connectivity index (χ2n) is 5.58. The third kappa shape index (κ3) is 2.20. The molecule has 2 heterocycles. The summed E-state index contributed by atoms with van der Waals surface area (Å²) < 4.78 is 40.0. The highest BCUT2D eigenvalue weighted by molar-refractivity contribution is 7.16. The maximum absolute atomic E-state index is 12.9. The Morgan fingerprint density at radius 3 is 2.16 bits per heavy atom. The van der Waals surface area contributed by atoms with E-state index < -0.39 is 11.7 Å². The fourth-order valence-corrected chi connectivity index (χ4v) is 2.33. The van der Waals surface area contributed by atoms with Crippen molar-refractivity contribution in [3.8, 4) is 0 Å². The zero-order valence-corrected chi connectivity index (χ0v) is 11.7. The Labute approximate surface area is 111 Å². The Morgan fingerprint density at radius 2 is 1.68 bits per heavy atom. The first-order valence-corrected chi connectivity index (χ1v) is 6.35. The van der Waals surface area contributed by atoms with Gasteiger partial charge in [-0.05, 0) is 6.92 Å². The lowest BCUT2D eigenvalue weighted by atomic mass is 9.96. The molecule has 2 aromatic rings. The van der Waals surface area contributed by atoms with Crippen LogP contribution in [0.2, 0.25) is 0 Å². The van der Waals surface area contributed by atoms with Gasteiger partial charge in [-0.1, -0.05) is 32.1 Å². The number of hydrogen-bond acceptors (Lipinski definition) is 5. The Balaban J connectivity index is 2.58. The fraction of sp³-hybridized carbons (Fsp3) is 0.700. The number of rotatable bonds is 1. The van der Waals surface area contributed by atoms with Gasteiger partial charge in [0.2, 0.25) is 4.96 Å². The van der Waals surface area contributed by atoms with E-state index in [-0.39, 0.29) is 10.4 Å². The summed E-state index contributed by atoms with van der Waals surface area (Å²) in [5.41, 5.74) is 2.50. The van der Waals surface area contributed by atoms with Crippen molar-refractivity contribution >= 4 is 16.3 Å². The summed E-state index contributed by atoms with van der Waals surface area (Å²) in [6, 6.07) is 0. The summed E-state index contributed by atoms with van der Waals surface area (Å²) in [5.74, 6) is 0.503. The van der Waals surface area contributed by atoms with Crippen molar-refractivity contribution in [3.63, 3.8) is 0 Å².